The molecular weight excluding hydrogens is 1280 g/mol. The van der Waals surface area contributed by atoms with Crippen molar-refractivity contribution in [3.63, 3.8) is 0 Å². The van der Waals surface area contributed by atoms with Crippen LogP contribution in [-0.4, -0.2) is 442 Å². The summed E-state index contributed by atoms with van der Waals surface area (Å²) in [7, 11) is 31.3. The van der Waals surface area contributed by atoms with Crippen molar-refractivity contribution in [3.8, 4) is 0 Å². The number of hydrogen-bond donors (Lipinski definition) is 3. The monoisotopic (exact) mass is 1440 g/mol. The molecule has 13 aliphatic rings. The summed E-state index contributed by atoms with van der Waals surface area (Å²) >= 11 is 2.06. The molecule has 0 radical (unpaired) electrons. The largest absolute Gasteiger partial charge is 0.481 e. The summed E-state index contributed by atoms with van der Waals surface area (Å²) < 4.78 is 9.77. The van der Waals surface area contributed by atoms with Crippen molar-refractivity contribution in [1.82, 2.24) is 78.8 Å². The fourth-order valence-electron chi connectivity index (χ4n) is 11.8. The predicted octanol–water partition coefficient (Wildman–Crippen LogP) is 4.07. The Balaban J connectivity index is 0.000000545. The molecule has 4 N–H and O–H groups in total. The Hall–Kier alpha value is -2.41. The number of thioether (sulfide) groups is 1. The Kier molecular flexibility index (Phi) is 59.0. The molecule has 0 aromatic rings. The van der Waals surface area contributed by atoms with Crippen LogP contribution in [-0.2, 0) is 28.7 Å². The summed E-state index contributed by atoms with van der Waals surface area (Å²) in [4.78, 5) is 77.1. The van der Waals surface area contributed by atoms with Gasteiger partial charge in [-0.15, -0.1) is 0 Å². The number of ether oxygens (including phenoxy) is 2. The first-order valence-corrected chi connectivity index (χ1v) is 40.2. The molecule has 0 saturated carbocycles. The van der Waals surface area contributed by atoms with Crippen molar-refractivity contribution >= 4 is 35.5 Å². The Bertz CT molecular complexity index is 1750. The minimum atomic E-state index is -0.631. The predicted molar refractivity (Wildman–Crippen MR) is 421 cm³/mol. The van der Waals surface area contributed by atoms with E-state index >= 15 is 0 Å². The number of amides is 2. The highest BCUT2D eigenvalue weighted by Gasteiger charge is 2.25. The third-order valence-electron chi connectivity index (χ3n) is 20.4. The lowest BCUT2D eigenvalue weighted by molar-refractivity contribution is -0.147. The van der Waals surface area contributed by atoms with Crippen LogP contribution >= 0.6 is 11.8 Å². The van der Waals surface area contributed by atoms with Gasteiger partial charge < -0.3 is 99.1 Å². The molecular formula is C75H159N17O7S. The number of aliphatic carboxylic acids is 1. The molecule has 0 spiro atoms. The van der Waals surface area contributed by atoms with Crippen molar-refractivity contribution in [2.75, 3.05) is 340 Å². The molecule has 100 heavy (non-hydrogen) atoms. The van der Waals surface area contributed by atoms with E-state index in [1.54, 1.807) is 6.92 Å². The maximum absolute atomic E-state index is 11.0. The topological polar surface area (TPSA) is 193 Å². The van der Waals surface area contributed by atoms with Crippen molar-refractivity contribution in [2.24, 2.45) is 23.5 Å². The maximum atomic E-state index is 11.0. The van der Waals surface area contributed by atoms with Crippen LogP contribution in [0.4, 0.5) is 0 Å². The van der Waals surface area contributed by atoms with Gasteiger partial charge in [-0.1, -0.05) is 19.3 Å². The van der Waals surface area contributed by atoms with Crippen molar-refractivity contribution in [3.05, 3.63) is 0 Å². The fraction of sp³-hybridized carbons (Fsp3) is 0.947. The molecule has 0 aromatic carbocycles. The van der Waals surface area contributed by atoms with Gasteiger partial charge in [0.1, 0.15) is 0 Å². The number of carboxylic acids is 1. The number of primary amides is 1. The number of carboxylic acid groups (broad SMARTS) is 1. The molecule has 13 saturated heterocycles. The second kappa shape index (κ2) is 61.7. The standard InChI is InChI=1S/C8H15NO2.2C7H14N2O.C7H13NO2.C7H15N.C6H14N2.C6H13N.C5H12N2.C5H11NO.C5H11NS.C5H11N.C4H9N.C3H7N/c1-9-5-3-7(4-6-9)8(10)11-2;1-7(10)9-5-3-8(2)4-6-9;1-9-4-2-6(3-5-9)7(8)10;1-8-4-2-6(3-5-8)7(9)10;1-8-6-4-2-3-5-7-8;1-7-3-5-8(2)6-4-7;1-7-5-3-2-4-6-7;1-7-4-2-6-3-5-7;2*1-6-2-4-7-5-3-6;1-6-4-2-3-5-6;1-5-3-2-4-5;1-4-2-3-4/h7H,3-6H2,1-2H3;3-6H2,1-2H3;6H,2-5H2,1H3,(H2,8,10);6H,2-5H2,1H3,(H,9,10);2-7H2,1H3;3-6H2,1-2H3;2-6H2,1H3;6H,2-5H2,1H3;2*2-5H2,1H3;2-5H2,1H3;2-4H2,1H3;2-3H2,1H3. The van der Waals surface area contributed by atoms with Crippen LogP contribution in [0.5, 0.6) is 0 Å². The Morgan fingerprint density at radius 2 is 0.620 bits per heavy atom. The Labute approximate surface area is 618 Å². The van der Waals surface area contributed by atoms with E-state index in [4.69, 9.17) is 15.6 Å². The molecule has 13 rings (SSSR count). The quantitative estimate of drug-likeness (QED) is 0.270. The lowest BCUT2D eigenvalue weighted by atomic mass is 9.97. The minimum absolute atomic E-state index is 0.0434. The van der Waals surface area contributed by atoms with Crippen LogP contribution in [0.3, 0.4) is 0 Å². The second-order valence-corrected chi connectivity index (χ2v) is 31.6. The van der Waals surface area contributed by atoms with Gasteiger partial charge in [-0.3, -0.25) is 19.2 Å². The summed E-state index contributed by atoms with van der Waals surface area (Å²) in [6.45, 7) is 40.8. The third kappa shape index (κ3) is 56.9. The summed E-state index contributed by atoms with van der Waals surface area (Å²) in [5, 5.41) is 11.9. The highest BCUT2D eigenvalue weighted by Crippen LogP contribution is 2.18. The van der Waals surface area contributed by atoms with Gasteiger partial charge in [-0.05, 0) is 274 Å². The number of carbonyl (C=O) groups is 4. The van der Waals surface area contributed by atoms with Gasteiger partial charge in [-0.25, -0.2) is 0 Å². The number of piperidine rings is 4. The highest BCUT2D eigenvalue weighted by molar-refractivity contribution is 7.99. The zero-order valence-corrected chi connectivity index (χ0v) is 68.4. The van der Waals surface area contributed by atoms with E-state index in [0.717, 1.165) is 143 Å². The number of methoxy groups -OCH3 is 1. The van der Waals surface area contributed by atoms with Crippen LogP contribution in [0.15, 0.2) is 0 Å². The van der Waals surface area contributed by atoms with Crippen LogP contribution in [0.2, 0.25) is 0 Å². The van der Waals surface area contributed by atoms with E-state index in [0.29, 0.717) is 0 Å². The fourth-order valence-corrected chi connectivity index (χ4v) is 12.9. The minimum Gasteiger partial charge on any atom is -0.481 e. The molecule has 2 amide bonds. The SMILES string of the molecule is CC(=O)N1CCN(C)CC1.CN1CC1.CN1CCC(C(=O)O)CC1.CN1CCC(C(N)=O)CC1.CN1CCC1.CN1CCCC1.CN1CCCCC1.CN1CCCCCC1.CN1CCN(C)CC1.CN1CCNCC1.CN1CCOCC1.CN1CCSCC1.COC(=O)C1CCN(C)CC1. The van der Waals surface area contributed by atoms with Gasteiger partial charge in [0.25, 0.3) is 0 Å². The van der Waals surface area contributed by atoms with Crippen molar-refractivity contribution in [2.45, 2.75) is 110 Å². The average Bonchev–Trinajstić information content (AvgIpc) is 1.16. The summed E-state index contributed by atoms with van der Waals surface area (Å²) in [5.74, 6) is 2.25. The summed E-state index contributed by atoms with van der Waals surface area (Å²) in [5.41, 5.74) is 5.16. The van der Waals surface area contributed by atoms with Gasteiger partial charge >= 0.3 is 11.9 Å². The van der Waals surface area contributed by atoms with Crippen LogP contribution in [0, 0.1) is 17.8 Å². The van der Waals surface area contributed by atoms with Crippen molar-refractivity contribution in [1.29, 1.82) is 0 Å². The number of nitrogens with zero attached hydrogens (tertiary/aromatic N) is 15. The second-order valence-electron chi connectivity index (χ2n) is 30.3. The first kappa shape index (κ1) is 95.6. The molecule has 0 bridgehead atoms. The lowest BCUT2D eigenvalue weighted by Crippen LogP contribution is -2.46. The molecule has 0 unspecified atom stereocenters. The number of likely N-dealkylation sites (tertiary alicyclic amines) is 7. The van der Waals surface area contributed by atoms with E-state index in [2.05, 4.69) is 182 Å². The zero-order chi connectivity index (χ0) is 74.3. The van der Waals surface area contributed by atoms with Crippen LogP contribution in [0.1, 0.15) is 110 Å². The van der Waals surface area contributed by atoms with Gasteiger partial charge in [-0.2, -0.15) is 11.8 Å². The van der Waals surface area contributed by atoms with Crippen molar-refractivity contribution < 1.29 is 33.8 Å². The zero-order valence-electron chi connectivity index (χ0n) is 67.6. The number of esters is 1. The summed E-state index contributed by atoms with van der Waals surface area (Å²) in [6.07, 6.45) is 19.6. The van der Waals surface area contributed by atoms with Gasteiger partial charge in [0.05, 0.1) is 32.2 Å². The molecule has 13 heterocycles. The van der Waals surface area contributed by atoms with Gasteiger partial charge in [0, 0.05) is 142 Å². The van der Waals surface area contributed by atoms with Gasteiger partial charge in [0.15, 0.2) is 0 Å². The average molecular weight is 1440 g/mol. The first-order valence-electron chi connectivity index (χ1n) is 39.1. The number of piperazine rings is 3. The molecule has 24 nitrogen and oxygen atoms in total. The lowest BCUT2D eigenvalue weighted by Gasteiger charge is -2.31. The molecule has 592 valence electrons. The van der Waals surface area contributed by atoms with E-state index in [-0.39, 0.29) is 35.5 Å². The molecule has 0 aliphatic carbocycles. The third-order valence-corrected chi connectivity index (χ3v) is 21.4. The van der Waals surface area contributed by atoms with Gasteiger partial charge in [0.2, 0.25) is 11.8 Å². The molecule has 25 heteroatoms. The van der Waals surface area contributed by atoms with E-state index in [1.807, 2.05) is 11.9 Å². The van der Waals surface area contributed by atoms with E-state index < -0.39 is 5.97 Å². The van der Waals surface area contributed by atoms with Crippen LogP contribution in [0.25, 0.3) is 0 Å². The normalized spacial score (nSPS) is 24.1. The Morgan fingerprint density at radius 3 is 0.870 bits per heavy atom. The Morgan fingerprint density at radius 1 is 0.350 bits per heavy atom. The maximum Gasteiger partial charge on any atom is 0.308 e. The number of likely N-dealkylation sites (N-methyl/N-ethyl adjacent to an activating group) is 6. The van der Waals surface area contributed by atoms with E-state index in [9.17, 15) is 19.2 Å². The molecule has 0 atom stereocenters. The number of rotatable bonds is 3. The number of morpholine rings is 1. The number of carbonyl (C=O) groups excluding carboxylic acids is 3. The van der Waals surface area contributed by atoms with E-state index in [1.165, 1.54) is 201 Å². The number of hydrogen-bond acceptors (Lipinski definition) is 22. The smallest absolute Gasteiger partial charge is 0.308 e. The highest BCUT2D eigenvalue weighted by atomic mass is 32.2. The number of nitrogens with one attached hydrogen (secondary N) is 1. The number of nitrogens with two attached hydrogens (primary N) is 1. The first-order chi connectivity index (χ1) is 47.8. The molecule has 13 aliphatic heterocycles. The summed E-state index contributed by atoms with van der Waals surface area (Å²) in [6, 6.07) is 0. The molecule has 0 aromatic heterocycles. The van der Waals surface area contributed by atoms with Crippen LogP contribution < -0.4 is 11.1 Å². The molecule has 13 fully saturated rings.